The van der Waals surface area contributed by atoms with Crippen LogP contribution in [0.3, 0.4) is 0 Å². The fraction of sp³-hybridized carbons (Fsp3) is 0.533. The van der Waals surface area contributed by atoms with Crippen LogP contribution in [0, 0.1) is 11.3 Å². The molecule has 0 aromatic heterocycles. The minimum atomic E-state index is 0.401. The lowest BCUT2D eigenvalue weighted by Crippen LogP contribution is -2.44. The van der Waals surface area contributed by atoms with E-state index in [1.54, 1.807) is 0 Å². The van der Waals surface area contributed by atoms with Crippen molar-refractivity contribution in [3.63, 3.8) is 0 Å². The molecule has 1 aromatic rings. The summed E-state index contributed by atoms with van der Waals surface area (Å²) in [7, 11) is 0. The fourth-order valence-electron chi connectivity index (χ4n) is 2.99. The molecule has 0 bridgehead atoms. The Morgan fingerprint density at radius 1 is 1.17 bits per heavy atom. The van der Waals surface area contributed by atoms with E-state index in [4.69, 9.17) is 10.1 Å². The first-order valence-corrected chi connectivity index (χ1v) is 6.82. The van der Waals surface area contributed by atoms with Crippen LogP contribution in [0.4, 0.5) is 0 Å². The van der Waals surface area contributed by atoms with Crippen molar-refractivity contribution in [3.05, 3.63) is 35.4 Å². The number of aryl methyl sites for hydroxylation is 1. The highest BCUT2D eigenvalue weighted by Crippen LogP contribution is 2.27. The normalized spacial score (nSPS) is 23.6. The summed E-state index contributed by atoms with van der Waals surface area (Å²) in [6.07, 6.45) is 3.27. The Bertz CT molecular complexity index is 438. The second-order valence-electron chi connectivity index (χ2n) is 5.19. The number of rotatable bonds is 1. The van der Waals surface area contributed by atoms with E-state index in [-0.39, 0.29) is 0 Å². The Hall–Kier alpha value is -1.35. The zero-order valence-electron chi connectivity index (χ0n) is 10.7. The molecule has 3 nitrogen and oxygen atoms in total. The Labute approximate surface area is 108 Å². The van der Waals surface area contributed by atoms with Crippen LogP contribution in [0.5, 0.6) is 0 Å². The number of nitrogens with zero attached hydrogens (tertiary/aromatic N) is 1. The SMILES string of the molecule is N=C(C1CCc2ccccc2C1)N1CCOCC1. The van der Waals surface area contributed by atoms with Crippen LogP contribution in [0.25, 0.3) is 0 Å². The van der Waals surface area contributed by atoms with Gasteiger partial charge in [0.15, 0.2) is 0 Å². The number of hydrogen-bond acceptors (Lipinski definition) is 2. The molecule has 1 aromatic carbocycles. The lowest BCUT2D eigenvalue weighted by molar-refractivity contribution is 0.0652. The number of amidine groups is 1. The molecule has 3 rings (SSSR count). The number of hydrogen-bond donors (Lipinski definition) is 1. The van der Waals surface area contributed by atoms with Gasteiger partial charge in [0, 0.05) is 19.0 Å². The molecule has 2 aliphatic rings. The summed E-state index contributed by atoms with van der Waals surface area (Å²) >= 11 is 0. The standard InChI is InChI=1S/C15H20N2O/c16-15(17-7-9-18-10-8-17)14-6-5-12-3-1-2-4-13(12)11-14/h1-4,14,16H,5-11H2. The van der Waals surface area contributed by atoms with Crippen molar-refractivity contribution in [2.75, 3.05) is 26.3 Å². The lowest BCUT2D eigenvalue weighted by Gasteiger charge is -2.34. The van der Waals surface area contributed by atoms with Gasteiger partial charge in [-0.15, -0.1) is 0 Å². The molecule has 0 radical (unpaired) electrons. The van der Waals surface area contributed by atoms with Crippen LogP contribution in [0.1, 0.15) is 17.5 Å². The molecule has 3 heteroatoms. The zero-order chi connectivity index (χ0) is 12.4. The molecule has 1 aliphatic heterocycles. The third-order valence-corrected chi connectivity index (χ3v) is 4.09. The van der Waals surface area contributed by atoms with Crippen molar-refractivity contribution in [1.29, 1.82) is 5.41 Å². The van der Waals surface area contributed by atoms with Crippen molar-refractivity contribution in [1.82, 2.24) is 4.90 Å². The van der Waals surface area contributed by atoms with E-state index in [0.717, 1.165) is 51.4 Å². The van der Waals surface area contributed by atoms with Gasteiger partial charge in [0.2, 0.25) is 0 Å². The van der Waals surface area contributed by atoms with Crippen LogP contribution < -0.4 is 0 Å². The van der Waals surface area contributed by atoms with Crippen molar-refractivity contribution in [2.45, 2.75) is 19.3 Å². The predicted octanol–water partition coefficient (Wildman–Crippen LogP) is 2.10. The molecule has 1 fully saturated rings. The third-order valence-electron chi connectivity index (χ3n) is 4.09. The minimum Gasteiger partial charge on any atom is -0.378 e. The maximum atomic E-state index is 8.39. The molecule has 1 N–H and O–H groups in total. The molecular formula is C15H20N2O. The second kappa shape index (κ2) is 5.11. The highest BCUT2D eigenvalue weighted by Gasteiger charge is 2.26. The first-order chi connectivity index (χ1) is 8.84. The molecule has 96 valence electrons. The van der Waals surface area contributed by atoms with Gasteiger partial charge in [-0.3, -0.25) is 5.41 Å². The maximum Gasteiger partial charge on any atom is 0.0994 e. The average Bonchev–Trinajstić information content (AvgIpc) is 2.47. The topological polar surface area (TPSA) is 36.3 Å². The van der Waals surface area contributed by atoms with Crippen LogP contribution >= 0.6 is 0 Å². The van der Waals surface area contributed by atoms with Crippen LogP contribution in [-0.2, 0) is 17.6 Å². The van der Waals surface area contributed by atoms with Gasteiger partial charge in [-0.2, -0.15) is 0 Å². The Balaban J connectivity index is 1.69. The van der Waals surface area contributed by atoms with Crippen molar-refractivity contribution >= 4 is 5.84 Å². The van der Waals surface area contributed by atoms with E-state index in [1.165, 1.54) is 11.1 Å². The highest BCUT2D eigenvalue weighted by atomic mass is 16.5. The molecule has 1 unspecified atom stereocenters. The largest absolute Gasteiger partial charge is 0.378 e. The fourth-order valence-corrected chi connectivity index (χ4v) is 2.99. The average molecular weight is 244 g/mol. The molecule has 1 atom stereocenters. The summed E-state index contributed by atoms with van der Waals surface area (Å²) in [5, 5.41) is 8.39. The number of nitrogens with one attached hydrogen (secondary N) is 1. The smallest absolute Gasteiger partial charge is 0.0994 e. The molecule has 0 amide bonds. The number of benzene rings is 1. The van der Waals surface area contributed by atoms with Crippen LogP contribution in [0.2, 0.25) is 0 Å². The molecular weight excluding hydrogens is 224 g/mol. The lowest BCUT2D eigenvalue weighted by atomic mass is 9.83. The van der Waals surface area contributed by atoms with Gasteiger partial charge < -0.3 is 9.64 Å². The molecule has 0 saturated carbocycles. The minimum absolute atomic E-state index is 0.401. The Morgan fingerprint density at radius 3 is 2.67 bits per heavy atom. The highest BCUT2D eigenvalue weighted by molar-refractivity contribution is 5.82. The van der Waals surface area contributed by atoms with Crippen molar-refractivity contribution in [3.8, 4) is 0 Å². The summed E-state index contributed by atoms with van der Waals surface area (Å²) < 4.78 is 5.36. The summed E-state index contributed by atoms with van der Waals surface area (Å²) in [6.45, 7) is 3.31. The maximum absolute atomic E-state index is 8.39. The summed E-state index contributed by atoms with van der Waals surface area (Å²) in [4.78, 5) is 2.20. The summed E-state index contributed by atoms with van der Waals surface area (Å²) in [6, 6.07) is 8.67. The van der Waals surface area contributed by atoms with E-state index in [0.29, 0.717) is 5.92 Å². The molecule has 0 spiro atoms. The number of fused-ring (bicyclic) bond motifs is 1. The summed E-state index contributed by atoms with van der Waals surface area (Å²) in [5.74, 6) is 1.23. The van der Waals surface area contributed by atoms with Gasteiger partial charge in [0.1, 0.15) is 0 Å². The third kappa shape index (κ3) is 2.27. The van der Waals surface area contributed by atoms with E-state index in [2.05, 4.69) is 29.2 Å². The molecule has 1 aliphatic carbocycles. The molecule has 1 saturated heterocycles. The van der Waals surface area contributed by atoms with E-state index in [9.17, 15) is 0 Å². The van der Waals surface area contributed by atoms with Gasteiger partial charge in [0.05, 0.1) is 19.0 Å². The van der Waals surface area contributed by atoms with Gasteiger partial charge in [-0.1, -0.05) is 24.3 Å². The van der Waals surface area contributed by atoms with Crippen molar-refractivity contribution in [2.24, 2.45) is 5.92 Å². The van der Waals surface area contributed by atoms with E-state index >= 15 is 0 Å². The molecule has 1 heterocycles. The van der Waals surface area contributed by atoms with Crippen molar-refractivity contribution < 1.29 is 4.74 Å². The van der Waals surface area contributed by atoms with Gasteiger partial charge in [0.25, 0.3) is 0 Å². The quantitative estimate of drug-likeness (QED) is 0.606. The van der Waals surface area contributed by atoms with Crippen LogP contribution in [0.15, 0.2) is 24.3 Å². The zero-order valence-corrected chi connectivity index (χ0v) is 10.7. The first kappa shape index (κ1) is 11.7. The molecule has 18 heavy (non-hydrogen) atoms. The monoisotopic (exact) mass is 244 g/mol. The number of morpholine rings is 1. The van der Waals surface area contributed by atoms with Crippen LogP contribution in [-0.4, -0.2) is 37.0 Å². The van der Waals surface area contributed by atoms with E-state index in [1.807, 2.05) is 0 Å². The summed E-state index contributed by atoms with van der Waals surface area (Å²) in [5.41, 5.74) is 2.91. The van der Waals surface area contributed by atoms with E-state index < -0.39 is 0 Å². The van der Waals surface area contributed by atoms with Gasteiger partial charge >= 0.3 is 0 Å². The second-order valence-corrected chi connectivity index (χ2v) is 5.19. The Morgan fingerprint density at radius 2 is 1.89 bits per heavy atom. The van der Waals surface area contributed by atoms with Gasteiger partial charge in [-0.05, 0) is 30.4 Å². The Kier molecular flexibility index (Phi) is 3.33. The first-order valence-electron chi connectivity index (χ1n) is 6.82. The number of ether oxygens (including phenoxy) is 1. The predicted molar refractivity (Wildman–Crippen MR) is 72.1 cm³/mol. The van der Waals surface area contributed by atoms with Gasteiger partial charge in [-0.25, -0.2) is 0 Å².